The zero-order valence-corrected chi connectivity index (χ0v) is 16.1. The highest BCUT2D eigenvalue weighted by molar-refractivity contribution is 7.99. The van der Waals surface area contributed by atoms with Gasteiger partial charge in [0.1, 0.15) is 6.04 Å². The van der Waals surface area contributed by atoms with Gasteiger partial charge in [0.25, 0.3) is 5.91 Å². The van der Waals surface area contributed by atoms with E-state index in [0.717, 1.165) is 11.5 Å². The molecule has 0 aliphatic carbocycles. The monoisotopic (exact) mass is 366 g/mol. The number of rotatable bonds is 12. The van der Waals surface area contributed by atoms with Crippen LogP contribution in [0.25, 0.3) is 0 Å². The molecule has 0 aliphatic rings. The van der Waals surface area contributed by atoms with Crippen molar-refractivity contribution in [2.45, 2.75) is 58.4 Å². The van der Waals surface area contributed by atoms with Crippen molar-refractivity contribution in [3.8, 4) is 0 Å². The van der Waals surface area contributed by atoms with Gasteiger partial charge in [-0.05, 0) is 38.7 Å². The van der Waals surface area contributed by atoms with Crippen LogP contribution in [0.2, 0.25) is 0 Å². The minimum absolute atomic E-state index is 0.211. The second-order valence-corrected chi connectivity index (χ2v) is 6.94. The van der Waals surface area contributed by atoms with Crippen LogP contribution in [-0.2, 0) is 19.1 Å². The zero-order valence-electron chi connectivity index (χ0n) is 14.4. The van der Waals surface area contributed by atoms with E-state index in [0.29, 0.717) is 12.2 Å². The Labute approximate surface area is 149 Å². The Kier molecular flexibility index (Phi) is 12.7. The van der Waals surface area contributed by atoms with Crippen molar-refractivity contribution < 1.29 is 19.1 Å². The third-order valence-electron chi connectivity index (χ3n) is 3.08. The molecule has 0 aromatic heterocycles. The summed E-state index contributed by atoms with van der Waals surface area (Å²) < 4.78 is 10.6. The molecule has 0 heterocycles. The zero-order chi connectivity index (χ0) is 17.8. The highest BCUT2D eigenvalue weighted by Crippen LogP contribution is 2.11. The summed E-state index contributed by atoms with van der Waals surface area (Å²) in [6.45, 7) is 7.46. The predicted octanol–water partition coefficient (Wildman–Crippen LogP) is 1.23. The van der Waals surface area contributed by atoms with E-state index in [9.17, 15) is 9.59 Å². The van der Waals surface area contributed by atoms with Gasteiger partial charge in [-0.25, -0.2) is 4.79 Å². The molecule has 6 nitrogen and oxygen atoms in total. The molecule has 0 saturated carbocycles. The summed E-state index contributed by atoms with van der Waals surface area (Å²) in [6, 6.07) is -1.18. The summed E-state index contributed by atoms with van der Waals surface area (Å²) in [7, 11) is 0. The fourth-order valence-electron chi connectivity index (χ4n) is 1.79. The number of thiol groups is 1. The van der Waals surface area contributed by atoms with Gasteiger partial charge in [-0.15, -0.1) is 0 Å². The number of nitrogens with one attached hydrogen (secondary N) is 1. The van der Waals surface area contributed by atoms with Crippen LogP contribution in [0.1, 0.15) is 34.1 Å². The van der Waals surface area contributed by atoms with Crippen molar-refractivity contribution in [1.29, 1.82) is 0 Å². The van der Waals surface area contributed by atoms with Gasteiger partial charge in [0.15, 0.2) is 6.10 Å². The topological polar surface area (TPSA) is 90.6 Å². The maximum atomic E-state index is 12.4. The Morgan fingerprint density at radius 2 is 1.96 bits per heavy atom. The molecular formula is C15H30N2O4S2. The largest absolute Gasteiger partial charge is 0.464 e. The molecule has 1 amide bonds. The number of carbonyl (C=O) groups excluding carboxylic acids is 2. The molecule has 2 unspecified atom stereocenters. The molecule has 8 heteroatoms. The first kappa shape index (κ1) is 22.6. The number of hydrogen-bond donors (Lipinski definition) is 3. The summed E-state index contributed by atoms with van der Waals surface area (Å²) in [6.07, 6.45) is -0.368. The molecular weight excluding hydrogens is 336 g/mol. The second kappa shape index (κ2) is 12.9. The van der Waals surface area contributed by atoms with Crippen LogP contribution in [-0.4, -0.2) is 60.0 Å². The summed E-state index contributed by atoms with van der Waals surface area (Å²) in [5.41, 5.74) is 6.13. The molecule has 3 N–H and O–H groups in total. The van der Waals surface area contributed by atoms with Gasteiger partial charge in [-0.3, -0.25) is 4.79 Å². The minimum Gasteiger partial charge on any atom is -0.464 e. The lowest BCUT2D eigenvalue weighted by molar-refractivity contribution is -0.149. The third kappa shape index (κ3) is 9.44. The molecule has 0 bridgehead atoms. The van der Waals surface area contributed by atoms with E-state index in [4.69, 9.17) is 15.2 Å². The fraction of sp³-hybridized carbons (Fsp3) is 0.867. The average molecular weight is 367 g/mol. The Morgan fingerprint density at radius 1 is 1.30 bits per heavy atom. The van der Waals surface area contributed by atoms with Gasteiger partial charge in [-0.1, -0.05) is 6.92 Å². The van der Waals surface area contributed by atoms with Crippen molar-refractivity contribution in [2.24, 2.45) is 5.73 Å². The van der Waals surface area contributed by atoms with Crippen molar-refractivity contribution in [2.75, 3.05) is 23.9 Å². The lowest BCUT2D eigenvalue weighted by Crippen LogP contribution is -2.53. The Morgan fingerprint density at radius 3 is 2.48 bits per heavy atom. The molecule has 4 atom stereocenters. The number of esters is 1. The fourth-order valence-corrected chi connectivity index (χ4v) is 2.60. The van der Waals surface area contributed by atoms with Crippen LogP contribution in [0, 0.1) is 0 Å². The van der Waals surface area contributed by atoms with Gasteiger partial charge in [-0.2, -0.15) is 24.4 Å². The number of ether oxygens (including phenoxy) is 2. The number of hydrogen-bond acceptors (Lipinski definition) is 7. The summed E-state index contributed by atoms with van der Waals surface area (Å²) in [4.78, 5) is 24.1. The summed E-state index contributed by atoms with van der Waals surface area (Å²) in [5.74, 6) is 1.46. The van der Waals surface area contributed by atoms with E-state index in [1.807, 2.05) is 6.92 Å². The molecule has 0 aliphatic heterocycles. The molecule has 0 radical (unpaired) electrons. The highest BCUT2D eigenvalue weighted by atomic mass is 32.2. The van der Waals surface area contributed by atoms with Crippen LogP contribution in [0.4, 0.5) is 0 Å². The molecule has 0 aromatic carbocycles. The van der Waals surface area contributed by atoms with Crippen LogP contribution in [0.5, 0.6) is 0 Å². The van der Waals surface area contributed by atoms with Gasteiger partial charge >= 0.3 is 5.97 Å². The van der Waals surface area contributed by atoms with Crippen molar-refractivity contribution in [3.05, 3.63) is 0 Å². The SMILES string of the molecule is CCOC(=O)[C@H](C)NC(=O)C(OC(C)CS)[C@H](N)CCSCC. The van der Waals surface area contributed by atoms with E-state index in [2.05, 4.69) is 24.9 Å². The van der Waals surface area contributed by atoms with Gasteiger partial charge in [0.2, 0.25) is 0 Å². The van der Waals surface area contributed by atoms with E-state index >= 15 is 0 Å². The normalized spacial score (nSPS) is 16.3. The number of nitrogens with two attached hydrogens (primary N) is 1. The average Bonchev–Trinajstić information content (AvgIpc) is 2.52. The smallest absolute Gasteiger partial charge is 0.328 e. The summed E-state index contributed by atoms with van der Waals surface area (Å²) in [5, 5.41) is 2.62. The maximum absolute atomic E-state index is 12.4. The lowest BCUT2D eigenvalue weighted by atomic mass is 10.1. The second-order valence-electron chi connectivity index (χ2n) is 5.18. The Bertz CT molecular complexity index is 358. The Balaban J connectivity index is 4.75. The van der Waals surface area contributed by atoms with Gasteiger partial charge in [0, 0.05) is 11.8 Å². The Hall–Kier alpha value is -0.440. The van der Waals surface area contributed by atoms with Crippen LogP contribution < -0.4 is 11.1 Å². The first-order chi connectivity index (χ1) is 10.9. The third-order valence-corrected chi connectivity index (χ3v) is 4.53. The molecule has 0 saturated heterocycles. The first-order valence-electron chi connectivity index (χ1n) is 7.93. The van der Waals surface area contributed by atoms with Crippen molar-refractivity contribution >= 4 is 36.3 Å². The quantitative estimate of drug-likeness (QED) is 0.273. The number of thioether (sulfide) groups is 1. The van der Waals surface area contributed by atoms with Crippen LogP contribution in [0.15, 0.2) is 0 Å². The standard InChI is InChI=1S/C15H30N2O4S2/c1-5-20-15(19)11(4)17-14(18)13(21-10(3)9-22)12(16)7-8-23-6-2/h10-13,22H,5-9,16H2,1-4H3,(H,17,18)/t10?,11-,12+,13?/m0/s1. The number of amides is 1. The molecule has 23 heavy (non-hydrogen) atoms. The molecule has 0 aromatic rings. The van der Waals surface area contributed by atoms with E-state index in [-0.39, 0.29) is 12.7 Å². The first-order valence-corrected chi connectivity index (χ1v) is 9.72. The van der Waals surface area contributed by atoms with Crippen LogP contribution >= 0.6 is 24.4 Å². The minimum atomic E-state index is -0.813. The molecule has 136 valence electrons. The van der Waals surface area contributed by atoms with Crippen LogP contribution in [0.3, 0.4) is 0 Å². The van der Waals surface area contributed by atoms with Gasteiger partial charge < -0.3 is 20.5 Å². The van der Waals surface area contributed by atoms with E-state index in [1.165, 1.54) is 0 Å². The highest BCUT2D eigenvalue weighted by Gasteiger charge is 2.30. The summed E-state index contributed by atoms with van der Waals surface area (Å²) >= 11 is 5.93. The van der Waals surface area contributed by atoms with E-state index < -0.39 is 30.1 Å². The lowest BCUT2D eigenvalue weighted by Gasteiger charge is -2.27. The van der Waals surface area contributed by atoms with Crippen molar-refractivity contribution in [3.63, 3.8) is 0 Å². The van der Waals surface area contributed by atoms with Crippen molar-refractivity contribution in [1.82, 2.24) is 5.32 Å². The number of carbonyl (C=O) groups is 2. The predicted molar refractivity (Wildman–Crippen MR) is 98.0 cm³/mol. The van der Waals surface area contributed by atoms with Gasteiger partial charge in [0.05, 0.1) is 12.7 Å². The molecule has 0 spiro atoms. The van der Waals surface area contributed by atoms with E-state index in [1.54, 1.807) is 25.6 Å². The maximum Gasteiger partial charge on any atom is 0.328 e. The molecule has 0 rings (SSSR count). The molecule has 0 fully saturated rings.